The van der Waals surface area contributed by atoms with Crippen LogP contribution in [0.5, 0.6) is 0 Å². The SMILES string of the molecule is Cc1c(C(=O)O)c(-c2ccccc2)nn1-c1ccc([N+](=O)[O-])cc1. The summed E-state index contributed by atoms with van der Waals surface area (Å²) in [5, 5.41) is 24.7. The molecule has 3 aromatic rings. The Morgan fingerprint density at radius 1 is 1.12 bits per heavy atom. The number of nitro benzene ring substituents is 1. The maximum atomic E-state index is 11.7. The topological polar surface area (TPSA) is 98.3 Å². The highest BCUT2D eigenvalue weighted by atomic mass is 16.6. The Hall–Kier alpha value is -3.48. The van der Waals surface area contributed by atoms with Crippen LogP contribution in [0.1, 0.15) is 16.1 Å². The maximum Gasteiger partial charge on any atom is 0.339 e. The lowest BCUT2D eigenvalue weighted by atomic mass is 10.1. The van der Waals surface area contributed by atoms with E-state index >= 15 is 0 Å². The first-order chi connectivity index (χ1) is 11.5. The molecule has 0 aliphatic carbocycles. The van der Waals surface area contributed by atoms with Gasteiger partial charge in [0.2, 0.25) is 0 Å². The zero-order valence-corrected chi connectivity index (χ0v) is 12.7. The van der Waals surface area contributed by atoms with E-state index in [1.165, 1.54) is 16.8 Å². The third-order valence-electron chi connectivity index (χ3n) is 3.68. The zero-order chi connectivity index (χ0) is 17.3. The molecule has 120 valence electrons. The lowest BCUT2D eigenvalue weighted by Crippen LogP contribution is -2.02. The fraction of sp³-hybridized carbons (Fsp3) is 0.0588. The van der Waals surface area contributed by atoms with Gasteiger partial charge < -0.3 is 5.11 Å². The molecule has 0 saturated heterocycles. The van der Waals surface area contributed by atoms with Crippen molar-refractivity contribution in [1.29, 1.82) is 0 Å². The number of benzene rings is 2. The summed E-state index contributed by atoms with van der Waals surface area (Å²) in [5.41, 5.74) is 2.14. The van der Waals surface area contributed by atoms with Gasteiger partial charge in [0.25, 0.3) is 5.69 Å². The summed E-state index contributed by atoms with van der Waals surface area (Å²) in [6.45, 7) is 1.66. The number of nitro groups is 1. The number of carboxylic acids is 1. The number of hydrogen-bond donors (Lipinski definition) is 1. The van der Waals surface area contributed by atoms with Gasteiger partial charge >= 0.3 is 5.97 Å². The second-order valence-electron chi connectivity index (χ2n) is 5.17. The summed E-state index contributed by atoms with van der Waals surface area (Å²) in [6, 6.07) is 14.8. The second-order valence-corrected chi connectivity index (χ2v) is 5.17. The number of non-ortho nitro benzene ring substituents is 1. The van der Waals surface area contributed by atoms with Crippen molar-refractivity contribution in [1.82, 2.24) is 9.78 Å². The van der Waals surface area contributed by atoms with E-state index in [0.29, 0.717) is 22.6 Å². The van der Waals surface area contributed by atoms with Gasteiger partial charge in [-0.05, 0) is 19.1 Å². The first kappa shape index (κ1) is 15.4. The van der Waals surface area contributed by atoms with E-state index in [2.05, 4.69) is 5.10 Å². The molecule has 0 radical (unpaired) electrons. The number of rotatable bonds is 4. The van der Waals surface area contributed by atoms with Crippen LogP contribution in [0.3, 0.4) is 0 Å². The van der Waals surface area contributed by atoms with Gasteiger partial charge in [-0.25, -0.2) is 9.48 Å². The van der Waals surface area contributed by atoms with Crippen LogP contribution in [0.15, 0.2) is 54.6 Å². The molecule has 0 fully saturated rings. The van der Waals surface area contributed by atoms with Gasteiger partial charge in [-0.1, -0.05) is 30.3 Å². The molecule has 2 aromatic carbocycles. The Bertz CT molecular complexity index is 915. The van der Waals surface area contributed by atoms with Crippen LogP contribution >= 0.6 is 0 Å². The first-order valence-corrected chi connectivity index (χ1v) is 7.12. The lowest BCUT2D eigenvalue weighted by molar-refractivity contribution is -0.384. The minimum Gasteiger partial charge on any atom is -0.478 e. The largest absolute Gasteiger partial charge is 0.478 e. The molecule has 3 rings (SSSR count). The zero-order valence-electron chi connectivity index (χ0n) is 12.7. The molecule has 0 saturated carbocycles. The molecular formula is C17H13N3O4. The highest BCUT2D eigenvalue weighted by Crippen LogP contribution is 2.27. The van der Waals surface area contributed by atoms with Crippen molar-refractivity contribution in [3.05, 3.63) is 76.0 Å². The van der Waals surface area contributed by atoms with Crippen LogP contribution in [-0.2, 0) is 0 Å². The van der Waals surface area contributed by atoms with E-state index in [9.17, 15) is 20.0 Å². The fourth-order valence-corrected chi connectivity index (χ4v) is 2.52. The molecular weight excluding hydrogens is 310 g/mol. The van der Waals surface area contributed by atoms with Gasteiger partial charge in [0.1, 0.15) is 11.3 Å². The van der Waals surface area contributed by atoms with E-state index in [0.717, 1.165) is 0 Å². The number of carbonyl (C=O) groups is 1. The number of nitrogens with zero attached hydrogens (tertiary/aromatic N) is 3. The first-order valence-electron chi connectivity index (χ1n) is 7.12. The molecule has 0 bridgehead atoms. The van der Waals surface area contributed by atoms with Crippen molar-refractivity contribution >= 4 is 11.7 Å². The van der Waals surface area contributed by atoms with Gasteiger partial charge in [-0.15, -0.1) is 0 Å². The lowest BCUT2D eigenvalue weighted by Gasteiger charge is -2.03. The molecule has 1 heterocycles. The number of carboxylic acid groups (broad SMARTS) is 1. The number of hydrogen-bond acceptors (Lipinski definition) is 4. The minimum absolute atomic E-state index is 0.0368. The molecule has 0 aliphatic heterocycles. The third kappa shape index (κ3) is 2.63. The van der Waals surface area contributed by atoms with Crippen molar-refractivity contribution in [2.45, 2.75) is 6.92 Å². The van der Waals surface area contributed by atoms with Crippen molar-refractivity contribution in [2.24, 2.45) is 0 Å². The standard InChI is InChI=1S/C17H13N3O4/c1-11-15(17(21)22)16(12-5-3-2-4-6-12)18-19(11)13-7-9-14(10-8-13)20(23)24/h2-10H,1H3,(H,21,22). The smallest absolute Gasteiger partial charge is 0.339 e. The molecule has 1 aromatic heterocycles. The quantitative estimate of drug-likeness (QED) is 0.585. The highest BCUT2D eigenvalue weighted by Gasteiger charge is 2.22. The minimum atomic E-state index is -1.07. The van der Waals surface area contributed by atoms with Gasteiger partial charge in [0, 0.05) is 17.7 Å². The second kappa shape index (κ2) is 5.96. The maximum absolute atomic E-state index is 11.7. The van der Waals surface area contributed by atoms with Crippen molar-refractivity contribution in [3.63, 3.8) is 0 Å². The van der Waals surface area contributed by atoms with Gasteiger partial charge in [0.15, 0.2) is 0 Å². The molecule has 0 spiro atoms. The van der Waals surface area contributed by atoms with E-state index in [4.69, 9.17) is 0 Å². The van der Waals surface area contributed by atoms with Gasteiger partial charge in [-0.2, -0.15) is 5.10 Å². The van der Waals surface area contributed by atoms with Crippen LogP contribution in [-0.4, -0.2) is 25.8 Å². The third-order valence-corrected chi connectivity index (χ3v) is 3.68. The van der Waals surface area contributed by atoms with Gasteiger partial charge in [-0.3, -0.25) is 10.1 Å². The fourth-order valence-electron chi connectivity index (χ4n) is 2.52. The summed E-state index contributed by atoms with van der Waals surface area (Å²) >= 11 is 0. The molecule has 7 nitrogen and oxygen atoms in total. The van der Waals surface area contributed by atoms with E-state index in [1.807, 2.05) is 6.07 Å². The van der Waals surface area contributed by atoms with E-state index in [-0.39, 0.29) is 11.3 Å². The predicted molar refractivity (Wildman–Crippen MR) is 87.4 cm³/mol. The van der Waals surface area contributed by atoms with Crippen molar-refractivity contribution in [3.8, 4) is 16.9 Å². The molecule has 0 amide bonds. The Labute approximate surface area is 136 Å². The average Bonchev–Trinajstić information content (AvgIpc) is 2.93. The molecule has 1 N–H and O–H groups in total. The highest BCUT2D eigenvalue weighted by molar-refractivity contribution is 5.96. The average molecular weight is 323 g/mol. The van der Waals surface area contributed by atoms with Crippen LogP contribution in [0.2, 0.25) is 0 Å². The Morgan fingerprint density at radius 3 is 2.29 bits per heavy atom. The summed E-state index contributed by atoms with van der Waals surface area (Å²) in [7, 11) is 0. The summed E-state index contributed by atoms with van der Waals surface area (Å²) in [4.78, 5) is 21.9. The predicted octanol–water partition coefficient (Wildman–Crippen LogP) is 3.45. The summed E-state index contributed by atoms with van der Waals surface area (Å²) < 4.78 is 1.48. The van der Waals surface area contributed by atoms with Crippen LogP contribution in [0.25, 0.3) is 16.9 Å². The molecule has 0 atom stereocenters. The molecule has 0 unspecified atom stereocenters. The van der Waals surface area contributed by atoms with Crippen molar-refractivity contribution in [2.75, 3.05) is 0 Å². The summed E-state index contributed by atoms with van der Waals surface area (Å²) in [6.07, 6.45) is 0. The molecule has 24 heavy (non-hydrogen) atoms. The number of aromatic carboxylic acids is 1. The van der Waals surface area contributed by atoms with E-state index in [1.54, 1.807) is 43.3 Å². The van der Waals surface area contributed by atoms with Crippen LogP contribution < -0.4 is 0 Å². The Balaban J connectivity index is 2.16. The monoisotopic (exact) mass is 323 g/mol. The Kier molecular flexibility index (Phi) is 3.83. The van der Waals surface area contributed by atoms with Gasteiger partial charge in [0.05, 0.1) is 16.3 Å². The molecule has 0 aliphatic rings. The molecule has 7 heteroatoms. The van der Waals surface area contributed by atoms with Crippen LogP contribution in [0.4, 0.5) is 5.69 Å². The summed E-state index contributed by atoms with van der Waals surface area (Å²) in [5.74, 6) is -1.07. The van der Waals surface area contributed by atoms with E-state index < -0.39 is 10.9 Å². The Morgan fingerprint density at radius 2 is 1.75 bits per heavy atom. The normalized spacial score (nSPS) is 10.5. The van der Waals surface area contributed by atoms with Crippen molar-refractivity contribution < 1.29 is 14.8 Å². The number of aromatic nitrogens is 2. The van der Waals surface area contributed by atoms with Crippen LogP contribution in [0, 0.1) is 17.0 Å².